The summed E-state index contributed by atoms with van der Waals surface area (Å²) in [6.45, 7) is 1.80. The zero-order chi connectivity index (χ0) is 14.2. The van der Waals surface area contributed by atoms with Crippen LogP contribution in [0.1, 0.15) is 18.4 Å². The molecule has 2 aliphatic rings. The normalized spacial score (nSPS) is 30.4. The number of hydrogen-bond acceptors (Lipinski definition) is 4. The SMILES string of the molecule is CN1C(=O)C(c2ccccc2)(C2CCCNC2)N=C1N. The van der Waals surface area contributed by atoms with Crippen LogP contribution in [0.3, 0.4) is 0 Å². The molecule has 2 heterocycles. The lowest BCUT2D eigenvalue weighted by molar-refractivity contribution is -0.132. The fourth-order valence-electron chi connectivity index (χ4n) is 3.25. The summed E-state index contributed by atoms with van der Waals surface area (Å²) in [5, 5.41) is 3.38. The van der Waals surface area contributed by atoms with Crippen LogP contribution in [-0.4, -0.2) is 36.9 Å². The number of carbonyl (C=O) groups excluding carboxylic acids is 1. The van der Waals surface area contributed by atoms with Crippen LogP contribution in [0.15, 0.2) is 35.3 Å². The van der Waals surface area contributed by atoms with E-state index in [1.165, 1.54) is 4.90 Å². The summed E-state index contributed by atoms with van der Waals surface area (Å²) >= 11 is 0. The first-order valence-electron chi connectivity index (χ1n) is 7.06. The van der Waals surface area contributed by atoms with Gasteiger partial charge in [-0.2, -0.15) is 0 Å². The van der Waals surface area contributed by atoms with Gasteiger partial charge < -0.3 is 11.1 Å². The standard InChI is InChI=1S/C15H20N4O/c1-19-13(20)15(18-14(19)16,11-6-3-2-4-7-11)12-8-5-9-17-10-12/h2-4,6-7,12,17H,5,8-10H2,1H3,(H2,16,18). The molecule has 0 spiro atoms. The van der Waals surface area contributed by atoms with Crippen molar-refractivity contribution in [3.63, 3.8) is 0 Å². The fourth-order valence-corrected chi connectivity index (χ4v) is 3.25. The maximum Gasteiger partial charge on any atom is 0.262 e. The van der Waals surface area contributed by atoms with Crippen LogP contribution in [0.4, 0.5) is 0 Å². The Hall–Kier alpha value is -1.88. The third-order valence-corrected chi connectivity index (χ3v) is 4.37. The lowest BCUT2D eigenvalue weighted by atomic mass is 9.74. The van der Waals surface area contributed by atoms with E-state index in [0.717, 1.165) is 31.5 Å². The van der Waals surface area contributed by atoms with E-state index in [2.05, 4.69) is 10.3 Å². The summed E-state index contributed by atoms with van der Waals surface area (Å²) in [4.78, 5) is 18.9. The van der Waals surface area contributed by atoms with E-state index in [-0.39, 0.29) is 11.8 Å². The Morgan fingerprint density at radius 3 is 2.70 bits per heavy atom. The van der Waals surface area contributed by atoms with Crippen molar-refractivity contribution >= 4 is 11.9 Å². The lowest BCUT2D eigenvalue weighted by Crippen LogP contribution is -2.49. The Morgan fingerprint density at radius 1 is 1.40 bits per heavy atom. The maximum atomic E-state index is 12.8. The quantitative estimate of drug-likeness (QED) is 0.831. The van der Waals surface area contributed by atoms with Gasteiger partial charge in [-0.3, -0.25) is 9.69 Å². The first kappa shape index (κ1) is 13.1. The molecule has 2 unspecified atom stereocenters. The monoisotopic (exact) mass is 272 g/mol. The summed E-state index contributed by atoms with van der Waals surface area (Å²) < 4.78 is 0. The molecule has 0 aromatic heterocycles. The van der Waals surface area contributed by atoms with Crippen molar-refractivity contribution in [2.75, 3.05) is 20.1 Å². The number of amides is 1. The molecule has 1 aromatic rings. The Bertz CT molecular complexity index is 536. The summed E-state index contributed by atoms with van der Waals surface area (Å²) in [6.07, 6.45) is 2.05. The molecular weight excluding hydrogens is 252 g/mol. The molecule has 20 heavy (non-hydrogen) atoms. The van der Waals surface area contributed by atoms with Gasteiger partial charge in [0.05, 0.1) is 0 Å². The predicted molar refractivity (Wildman–Crippen MR) is 78.1 cm³/mol. The van der Waals surface area contributed by atoms with Gasteiger partial charge in [-0.15, -0.1) is 0 Å². The number of nitrogens with zero attached hydrogens (tertiary/aromatic N) is 2. The Kier molecular flexibility index (Phi) is 3.22. The smallest absolute Gasteiger partial charge is 0.262 e. The first-order chi connectivity index (χ1) is 9.66. The van der Waals surface area contributed by atoms with Crippen molar-refractivity contribution in [3.8, 4) is 0 Å². The third kappa shape index (κ3) is 1.81. The number of likely N-dealkylation sites (N-methyl/N-ethyl adjacent to an activating group) is 1. The van der Waals surface area contributed by atoms with Gasteiger partial charge >= 0.3 is 0 Å². The van der Waals surface area contributed by atoms with Crippen LogP contribution in [0.5, 0.6) is 0 Å². The molecule has 1 aromatic carbocycles. The highest BCUT2D eigenvalue weighted by Crippen LogP contribution is 2.41. The van der Waals surface area contributed by atoms with E-state index < -0.39 is 5.54 Å². The number of rotatable bonds is 2. The molecule has 5 heteroatoms. The van der Waals surface area contributed by atoms with Crippen LogP contribution < -0.4 is 11.1 Å². The Balaban J connectivity index is 2.11. The molecule has 2 aliphatic heterocycles. The van der Waals surface area contributed by atoms with Crippen LogP contribution in [-0.2, 0) is 10.3 Å². The Morgan fingerprint density at radius 2 is 2.15 bits per heavy atom. The van der Waals surface area contributed by atoms with E-state index in [9.17, 15) is 4.79 Å². The van der Waals surface area contributed by atoms with E-state index in [0.29, 0.717) is 5.96 Å². The topological polar surface area (TPSA) is 70.7 Å². The molecule has 1 fully saturated rings. The van der Waals surface area contributed by atoms with Crippen LogP contribution >= 0.6 is 0 Å². The van der Waals surface area contributed by atoms with Crippen molar-refractivity contribution in [2.45, 2.75) is 18.4 Å². The molecule has 1 amide bonds. The summed E-state index contributed by atoms with van der Waals surface area (Å²) in [7, 11) is 1.70. The summed E-state index contributed by atoms with van der Waals surface area (Å²) in [5.74, 6) is 0.439. The van der Waals surface area contributed by atoms with Crippen molar-refractivity contribution in [3.05, 3.63) is 35.9 Å². The van der Waals surface area contributed by atoms with Gasteiger partial charge in [-0.1, -0.05) is 30.3 Å². The summed E-state index contributed by atoms with van der Waals surface area (Å²) in [5.41, 5.74) is 6.01. The molecule has 0 saturated carbocycles. The average Bonchev–Trinajstić information content (AvgIpc) is 2.74. The van der Waals surface area contributed by atoms with Crippen molar-refractivity contribution in [1.29, 1.82) is 0 Å². The summed E-state index contributed by atoms with van der Waals surface area (Å²) in [6, 6.07) is 9.80. The molecule has 106 valence electrons. The number of nitrogens with one attached hydrogen (secondary N) is 1. The highest BCUT2D eigenvalue weighted by molar-refractivity contribution is 6.07. The van der Waals surface area contributed by atoms with E-state index in [1.54, 1.807) is 7.05 Å². The largest absolute Gasteiger partial charge is 0.369 e. The van der Waals surface area contributed by atoms with Gasteiger partial charge in [0.2, 0.25) is 0 Å². The molecular formula is C15H20N4O. The second-order valence-electron chi connectivity index (χ2n) is 5.51. The zero-order valence-electron chi connectivity index (χ0n) is 11.7. The minimum absolute atomic E-state index is 0.0186. The van der Waals surface area contributed by atoms with Crippen molar-refractivity contribution < 1.29 is 4.79 Å². The molecule has 0 radical (unpaired) electrons. The molecule has 3 N–H and O–H groups in total. The maximum absolute atomic E-state index is 12.8. The molecule has 0 bridgehead atoms. The first-order valence-corrected chi connectivity index (χ1v) is 7.06. The van der Waals surface area contributed by atoms with Gasteiger partial charge in [-0.05, 0) is 24.9 Å². The molecule has 2 atom stereocenters. The third-order valence-electron chi connectivity index (χ3n) is 4.37. The molecule has 0 aliphatic carbocycles. The zero-order valence-corrected chi connectivity index (χ0v) is 11.7. The molecule has 3 rings (SSSR count). The predicted octanol–water partition coefficient (Wildman–Crippen LogP) is 0.668. The molecule has 1 saturated heterocycles. The second-order valence-corrected chi connectivity index (χ2v) is 5.51. The lowest BCUT2D eigenvalue weighted by Gasteiger charge is -2.36. The van der Waals surface area contributed by atoms with Crippen molar-refractivity contribution in [1.82, 2.24) is 10.2 Å². The fraction of sp³-hybridized carbons (Fsp3) is 0.467. The van der Waals surface area contributed by atoms with Gasteiger partial charge in [0.25, 0.3) is 5.91 Å². The second kappa shape index (κ2) is 4.90. The highest BCUT2D eigenvalue weighted by atomic mass is 16.2. The minimum atomic E-state index is -0.854. The minimum Gasteiger partial charge on any atom is -0.369 e. The van der Waals surface area contributed by atoms with Gasteiger partial charge in [-0.25, -0.2) is 4.99 Å². The van der Waals surface area contributed by atoms with Gasteiger partial charge in [0.15, 0.2) is 11.5 Å². The average molecular weight is 272 g/mol. The van der Waals surface area contributed by atoms with Crippen molar-refractivity contribution in [2.24, 2.45) is 16.6 Å². The van der Waals surface area contributed by atoms with E-state index in [4.69, 9.17) is 5.73 Å². The number of guanidine groups is 1. The van der Waals surface area contributed by atoms with Crippen LogP contribution in [0.25, 0.3) is 0 Å². The number of nitrogens with two attached hydrogens (primary N) is 1. The number of piperidine rings is 1. The van der Waals surface area contributed by atoms with Crippen LogP contribution in [0, 0.1) is 5.92 Å². The van der Waals surface area contributed by atoms with E-state index in [1.807, 2.05) is 30.3 Å². The highest BCUT2D eigenvalue weighted by Gasteiger charge is 2.53. The number of hydrogen-bond donors (Lipinski definition) is 2. The van der Waals surface area contributed by atoms with Crippen LogP contribution in [0.2, 0.25) is 0 Å². The molecule has 5 nitrogen and oxygen atoms in total. The number of aliphatic imine (C=N–C) groups is 1. The van der Waals surface area contributed by atoms with E-state index >= 15 is 0 Å². The number of benzene rings is 1. The number of carbonyl (C=O) groups is 1. The van der Waals surface area contributed by atoms with Gasteiger partial charge in [0.1, 0.15) is 0 Å². The van der Waals surface area contributed by atoms with Gasteiger partial charge in [0, 0.05) is 19.5 Å². The Labute approximate surface area is 118 Å².